The topological polar surface area (TPSA) is 92.4 Å². The third-order valence-electron chi connectivity index (χ3n) is 6.99. The van der Waals surface area contributed by atoms with Gasteiger partial charge in [-0.1, -0.05) is 19.6 Å². The van der Waals surface area contributed by atoms with Crippen molar-refractivity contribution in [3.05, 3.63) is 35.7 Å². The third-order valence-corrected chi connectivity index (χ3v) is 8.70. The normalized spacial score (nSPS) is 18.0. The average Bonchev–Trinajstić information content (AvgIpc) is 3.52. The number of nitrogens with zero attached hydrogens (tertiary/aromatic N) is 4. The summed E-state index contributed by atoms with van der Waals surface area (Å²) in [4.78, 5) is 17.0. The highest BCUT2D eigenvalue weighted by Crippen LogP contribution is 2.38. The Hall–Kier alpha value is -2.69. The Morgan fingerprint density at radius 2 is 1.97 bits per heavy atom. The molecule has 0 bridgehead atoms. The second kappa shape index (κ2) is 12.0. The lowest BCUT2D eigenvalue weighted by Crippen LogP contribution is -2.33. The highest BCUT2D eigenvalue weighted by atomic mass is 28.3. The van der Waals surface area contributed by atoms with Crippen LogP contribution in [0.15, 0.2) is 24.4 Å². The maximum atomic E-state index is 12.1. The van der Waals surface area contributed by atoms with Crippen molar-refractivity contribution in [1.82, 2.24) is 24.6 Å². The number of carbonyl (C=O) groups is 1. The molecule has 1 N–H and O–H groups in total. The monoisotopic (exact) mass is 541 g/mol. The van der Waals surface area contributed by atoms with Crippen LogP contribution >= 0.6 is 0 Å². The number of methoxy groups -OCH3 is 1. The van der Waals surface area contributed by atoms with Gasteiger partial charge in [0.05, 0.1) is 23.7 Å². The number of nitrogens with one attached hydrogen (secondary N) is 1. The molecule has 38 heavy (non-hydrogen) atoms. The molecule has 10 heteroatoms. The summed E-state index contributed by atoms with van der Waals surface area (Å²) in [5.41, 5.74) is 4.98. The Bertz CT molecular complexity index is 1250. The van der Waals surface area contributed by atoms with E-state index < -0.39 is 8.07 Å². The lowest BCUT2D eigenvalue weighted by atomic mass is 9.98. The molecular formula is C28H43N5O4Si. The highest BCUT2D eigenvalue weighted by Gasteiger charge is 2.29. The first-order valence-electron chi connectivity index (χ1n) is 13.6. The number of hydrogen-bond acceptors (Lipinski definition) is 6. The van der Waals surface area contributed by atoms with Crippen molar-refractivity contribution in [3.63, 3.8) is 0 Å². The van der Waals surface area contributed by atoms with E-state index in [1.807, 2.05) is 31.8 Å². The van der Waals surface area contributed by atoms with E-state index in [2.05, 4.69) is 52.8 Å². The molecule has 0 aromatic carbocycles. The molecule has 3 heterocycles. The van der Waals surface area contributed by atoms with Crippen LogP contribution in [0.3, 0.4) is 0 Å². The second-order valence-electron chi connectivity index (χ2n) is 11.9. The van der Waals surface area contributed by atoms with Crippen LogP contribution in [0.5, 0.6) is 0 Å². The summed E-state index contributed by atoms with van der Waals surface area (Å²) >= 11 is 0. The van der Waals surface area contributed by atoms with E-state index >= 15 is 0 Å². The van der Waals surface area contributed by atoms with Crippen molar-refractivity contribution in [2.45, 2.75) is 90.2 Å². The molecule has 2 atom stereocenters. The average molecular weight is 542 g/mol. The van der Waals surface area contributed by atoms with Gasteiger partial charge in [-0.3, -0.25) is 9.25 Å². The fourth-order valence-corrected chi connectivity index (χ4v) is 5.78. The fourth-order valence-electron chi connectivity index (χ4n) is 5.02. The van der Waals surface area contributed by atoms with Crippen LogP contribution in [0.2, 0.25) is 25.7 Å². The van der Waals surface area contributed by atoms with Crippen molar-refractivity contribution in [3.8, 4) is 11.4 Å². The van der Waals surface area contributed by atoms with Crippen molar-refractivity contribution in [2.75, 3.05) is 13.7 Å². The molecule has 0 saturated heterocycles. The molecular weight excluding hydrogens is 498 g/mol. The number of aromatic nitrogens is 4. The Morgan fingerprint density at radius 1 is 1.18 bits per heavy atom. The van der Waals surface area contributed by atoms with Crippen molar-refractivity contribution in [1.29, 1.82) is 0 Å². The van der Waals surface area contributed by atoms with Gasteiger partial charge in [-0.05, 0) is 68.8 Å². The van der Waals surface area contributed by atoms with Gasteiger partial charge >= 0.3 is 6.09 Å². The molecule has 1 fully saturated rings. The molecule has 0 aliphatic heterocycles. The molecule has 9 nitrogen and oxygen atoms in total. The third kappa shape index (κ3) is 7.03. The number of pyridine rings is 1. The summed E-state index contributed by atoms with van der Waals surface area (Å²) in [6.07, 6.45) is 4.23. The van der Waals surface area contributed by atoms with Crippen LogP contribution < -0.4 is 5.32 Å². The minimum absolute atomic E-state index is 0.0639. The van der Waals surface area contributed by atoms with E-state index in [1.54, 1.807) is 7.11 Å². The van der Waals surface area contributed by atoms with E-state index in [0.29, 0.717) is 19.3 Å². The highest BCUT2D eigenvalue weighted by molar-refractivity contribution is 6.76. The van der Waals surface area contributed by atoms with E-state index in [9.17, 15) is 4.79 Å². The Balaban J connectivity index is 1.58. The first kappa shape index (κ1) is 28.3. The molecule has 1 saturated carbocycles. The minimum Gasteiger partial charge on any atom is -0.446 e. The maximum Gasteiger partial charge on any atom is 0.407 e. The number of aryl methyl sites for hydroxylation is 1. The van der Waals surface area contributed by atoms with Gasteiger partial charge in [0, 0.05) is 46.5 Å². The summed E-state index contributed by atoms with van der Waals surface area (Å²) in [6.45, 7) is 12.6. The van der Waals surface area contributed by atoms with E-state index in [0.717, 1.165) is 60.0 Å². The Kier molecular flexibility index (Phi) is 8.95. The molecule has 3 aromatic rings. The zero-order chi connectivity index (χ0) is 27.4. The SMILES string of the molecule is COCc1cc(-c2cc3cc([C@H]4CC[C@@H](OC(=O)NC(C)C)C4)cnc3n2COCC[Si](C)(C)C)n(C)n1. The maximum absolute atomic E-state index is 12.1. The second-order valence-corrected chi connectivity index (χ2v) is 17.5. The van der Waals surface area contributed by atoms with E-state index in [1.165, 1.54) is 5.56 Å². The number of rotatable bonds is 11. The van der Waals surface area contributed by atoms with Crippen LogP contribution in [-0.4, -0.2) is 59.4 Å². The van der Waals surface area contributed by atoms with Crippen LogP contribution in [0.4, 0.5) is 4.79 Å². The number of hydrogen-bond donors (Lipinski definition) is 1. The molecule has 1 aliphatic rings. The van der Waals surface area contributed by atoms with Crippen molar-refractivity contribution in [2.24, 2.45) is 7.05 Å². The molecule has 0 unspecified atom stereocenters. The largest absolute Gasteiger partial charge is 0.446 e. The number of alkyl carbamates (subject to hydrolysis) is 1. The van der Waals surface area contributed by atoms with Crippen molar-refractivity contribution < 1.29 is 19.0 Å². The number of fused-ring (bicyclic) bond motifs is 1. The molecule has 3 aromatic heterocycles. The van der Waals surface area contributed by atoms with Crippen LogP contribution in [0.1, 0.15) is 50.3 Å². The summed E-state index contributed by atoms with van der Waals surface area (Å²) < 4.78 is 21.2. The van der Waals surface area contributed by atoms with Gasteiger partial charge in [-0.15, -0.1) is 0 Å². The zero-order valence-electron chi connectivity index (χ0n) is 23.9. The summed E-state index contributed by atoms with van der Waals surface area (Å²) in [6, 6.07) is 7.66. The number of carbonyl (C=O) groups excluding carboxylic acids is 1. The van der Waals surface area contributed by atoms with Gasteiger partial charge in [-0.25, -0.2) is 9.78 Å². The fraction of sp³-hybridized carbons (Fsp3) is 0.607. The number of ether oxygens (including phenoxy) is 3. The zero-order valence-corrected chi connectivity index (χ0v) is 24.9. The summed E-state index contributed by atoms with van der Waals surface area (Å²) in [5.74, 6) is 0.313. The van der Waals surface area contributed by atoms with Gasteiger partial charge in [0.25, 0.3) is 0 Å². The first-order valence-corrected chi connectivity index (χ1v) is 17.3. The van der Waals surface area contributed by atoms with E-state index in [-0.39, 0.29) is 18.2 Å². The quantitative estimate of drug-likeness (QED) is 0.249. The molecule has 1 aliphatic carbocycles. The molecule has 0 spiro atoms. The predicted octanol–water partition coefficient (Wildman–Crippen LogP) is 5.67. The molecule has 208 valence electrons. The van der Waals surface area contributed by atoms with Crippen LogP contribution in [-0.2, 0) is 34.6 Å². The standard InChI is InChI=1S/C28H43N5O4Si/c1-19(2)30-28(34)37-24-9-8-20(13-24)22-12-21-14-26(25-15-23(17-35-4)31-32(25)3)33(27(21)29-16-22)18-36-10-11-38(5,6)7/h12,14-16,19-20,24H,8-11,13,17-18H2,1-7H3,(H,30,34)/t20-,24+/m0/s1. The molecule has 4 rings (SSSR count). The van der Waals surface area contributed by atoms with Gasteiger partial charge in [0.1, 0.15) is 18.5 Å². The summed E-state index contributed by atoms with van der Waals surface area (Å²) in [7, 11) is 2.45. The van der Waals surface area contributed by atoms with E-state index in [4.69, 9.17) is 19.2 Å². The predicted molar refractivity (Wildman–Crippen MR) is 152 cm³/mol. The molecule has 1 amide bonds. The first-order chi connectivity index (χ1) is 18.0. The number of amides is 1. The minimum atomic E-state index is -1.19. The van der Waals surface area contributed by atoms with Gasteiger partial charge in [0.2, 0.25) is 0 Å². The molecule has 0 radical (unpaired) electrons. The lowest BCUT2D eigenvalue weighted by molar-refractivity contribution is 0.0908. The van der Waals surface area contributed by atoms with Gasteiger partial charge in [0.15, 0.2) is 0 Å². The van der Waals surface area contributed by atoms with Gasteiger partial charge in [-0.2, -0.15) is 5.10 Å². The van der Waals surface area contributed by atoms with Gasteiger partial charge < -0.3 is 19.5 Å². The Labute approximate surface area is 226 Å². The van der Waals surface area contributed by atoms with Crippen LogP contribution in [0.25, 0.3) is 22.4 Å². The Morgan fingerprint density at radius 3 is 2.68 bits per heavy atom. The van der Waals surface area contributed by atoms with Crippen LogP contribution in [0, 0.1) is 0 Å². The lowest BCUT2D eigenvalue weighted by Gasteiger charge is -2.17. The van der Waals surface area contributed by atoms with Crippen molar-refractivity contribution >= 4 is 25.2 Å². The smallest absolute Gasteiger partial charge is 0.407 e. The summed E-state index contributed by atoms with van der Waals surface area (Å²) in [5, 5.41) is 8.51.